The molecule has 8 heteroatoms. The molecule has 0 bridgehead atoms. The highest BCUT2D eigenvalue weighted by atomic mass is 32.2. The van der Waals surface area contributed by atoms with Crippen molar-refractivity contribution in [1.29, 1.82) is 0 Å². The summed E-state index contributed by atoms with van der Waals surface area (Å²) < 4.78 is 1.60. The summed E-state index contributed by atoms with van der Waals surface area (Å²) in [5.74, 6) is 0.183. The van der Waals surface area contributed by atoms with E-state index in [-0.39, 0.29) is 23.3 Å². The Bertz CT molecular complexity index is 1020. The maximum Gasteiger partial charge on any atom is 0.263 e. The Labute approximate surface area is 176 Å². The lowest BCUT2D eigenvalue weighted by atomic mass is 10.2. The van der Waals surface area contributed by atoms with Crippen LogP contribution in [0.1, 0.15) is 26.7 Å². The number of carbonyl (C=O) groups is 1. The number of hydrogen-bond donors (Lipinski definition) is 1. The number of aromatic nitrogens is 2. The van der Waals surface area contributed by atoms with Gasteiger partial charge >= 0.3 is 0 Å². The van der Waals surface area contributed by atoms with Crippen molar-refractivity contribution in [2.24, 2.45) is 0 Å². The Morgan fingerprint density at radius 1 is 1.46 bits per heavy atom. The third-order valence-corrected chi connectivity index (χ3v) is 6.97. The Morgan fingerprint density at radius 2 is 2.29 bits per heavy atom. The molecule has 0 radical (unpaired) electrons. The monoisotopic (exact) mass is 433 g/mol. The summed E-state index contributed by atoms with van der Waals surface area (Å²) in [7, 11) is 0. The van der Waals surface area contributed by atoms with Crippen LogP contribution in [0.25, 0.3) is 20.7 Å². The van der Waals surface area contributed by atoms with Crippen LogP contribution in [-0.4, -0.2) is 27.3 Å². The van der Waals surface area contributed by atoms with Gasteiger partial charge in [-0.2, -0.15) is 0 Å². The third kappa shape index (κ3) is 4.56. The van der Waals surface area contributed by atoms with E-state index in [2.05, 4.69) is 18.8 Å². The third-order valence-electron chi connectivity index (χ3n) is 4.22. The average Bonchev–Trinajstić information content (AvgIpc) is 3.32. The smallest absolute Gasteiger partial charge is 0.263 e. The summed E-state index contributed by atoms with van der Waals surface area (Å²) in [4.78, 5) is 31.9. The summed E-state index contributed by atoms with van der Waals surface area (Å²) in [6.45, 7) is 8.22. The summed E-state index contributed by atoms with van der Waals surface area (Å²) in [6, 6.07) is 4.13. The number of nitrogens with zero attached hydrogens (tertiary/aromatic N) is 2. The lowest BCUT2D eigenvalue weighted by molar-refractivity contribution is -0.119. The zero-order valence-electron chi connectivity index (χ0n) is 15.9. The summed E-state index contributed by atoms with van der Waals surface area (Å²) in [6.07, 6.45) is 3.65. The predicted molar refractivity (Wildman–Crippen MR) is 121 cm³/mol. The van der Waals surface area contributed by atoms with Crippen molar-refractivity contribution in [1.82, 2.24) is 14.9 Å². The van der Waals surface area contributed by atoms with Crippen LogP contribution in [0.15, 0.2) is 45.5 Å². The number of thiophene rings is 2. The zero-order valence-corrected chi connectivity index (χ0v) is 18.4. The predicted octanol–water partition coefficient (Wildman–Crippen LogP) is 4.77. The fourth-order valence-electron chi connectivity index (χ4n) is 2.97. The van der Waals surface area contributed by atoms with Crippen molar-refractivity contribution >= 4 is 50.6 Å². The Hall–Kier alpha value is -1.90. The van der Waals surface area contributed by atoms with E-state index in [0.29, 0.717) is 21.9 Å². The minimum atomic E-state index is -0.0863. The summed E-state index contributed by atoms with van der Waals surface area (Å²) in [5.41, 5.74) is 0.838. The van der Waals surface area contributed by atoms with Crippen LogP contribution >= 0.6 is 34.4 Å². The zero-order chi connectivity index (χ0) is 20.1. The molecular formula is C20H23N3O2S3. The topological polar surface area (TPSA) is 64.0 Å². The molecule has 3 heterocycles. The van der Waals surface area contributed by atoms with Gasteiger partial charge in [0.1, 0.15) is 4.83 Å². The van der Waals surface area contributed by atoms with Gasteiger partial charge in [0, 0.05) is 28.4 Å². The van der Waals surface area contributed by atoms with Gasteiger partial charge in [0.15, 0.2) is 5.16 Å². The van der Waals surface area contributed by atoms with Gasteiger partial charge in [0.2, 0.25) is 5.91 Å². The van der Waals surface area contributed by atoms with Crippen LogP contribution in [-0.2, 0) is 11.3 Å². The molecule has 0 spiro atoms. The fraction of sp³-hybridized carbons (Fsp3) is 0.350. The van der Waals surface area contributed by atoms with Crippen molar-refractivity contribution in [3.05, 3.63) is 45.9 Å². The van der Waals surface area contributed by atoms with Gasteiger partial charge in [-0.15, -0.1) is 29.3 Å². The number of fused-ring (bicyclic) bond motifs is 1. The normalized spacial score (nSPS) is 12.2. The van der Waals surface area contributed by atoms with Crippen molar-refractivity contribution < 1.29 is 4.79 Å². The van der Waals surface area contributed by atoms with Gasteiger partial charge in [-0.25, -0.2) is 4.98 Å². The molecule has 0 aromatic carbocycles. The van der Waals surface area contributed by atoms with Crippen LogP contribution in [0, 0.1) is 0 Å². The highest BCUT2D eigenvalue weighted by molar-refractivity contribution is 7.99. The number of amides is 1. The van der Waals surface area contributed by atoms with Crippen molar-refractivity contribution in [2.75, 3.05) is 5.75 Å². The molecule has 28 heavy (non-hydrogen) atoms. The second-order valence-electron chi connectivity index (χ2n) is 6.45. The van der Waals surface area contributed by atoms with Crippen LogP contribution in [0.3, 0.4) is 0 Å². The van der Waals surface area contributed by atoms with Crippen molar-refractivity contribution in [2.45, 2.75) is 44.4 Å². The molecule has 1 atom stereocenters. The molecule has 3 aromatic rings. The standard InChI is InChI=1S/C20H23N3O2S3/c1-4-7-13(3)21-16(24)12-28-20-22-18-17(19(25)23(20)9-5-2)14(11-27-18)15-8-6-10-26-15/h5-6,8,10-11,13H,2,4,7,9,12H2,1,3H3,(H,21,24). The minimum absolute atomic E-state index is 0.0455. The molecule has 0 fully saturated rings. The lowest BCUT2D eigenvalue weighted by Gasteiger charge is -2.13. The first-order chi connectivity index (χ1) is 13.5. The highest BCUT2D eigenvalue weighted by Gasteiger charge is 2.18. The van der Waals surface area contributed by atoms with Crippen molar-refractivity contribution in [3.8, 4) is 10.4 Å². The van der Waals surface area contributed by atoms with E-state index in [1.165, 1.54) is 23.1 Å². The molecule has 148 valence electrons. The molecule has 0 aliphatic carbocycles. The number of nitrogens with one attached hydrogen (secondary N) is 1. The lowest BCUT2D eigenvalue weighted by Crippen LogP contribution is -2.34. The molecule has 1 N–H and O–H groups in total. The van der Waals surface area contributed by atoms with E-state index in [1.807, 2.05) is 29.8 Å². The molecule has 1 amide bonds. The van der Waals surface area contributed by atoms with E-state index < -0.39 is 0 Å². The van der Waals surface area contributed by atoms with Gasteiger partial charge < -0.3 is 5.32 Å². The molecule has 3 rings (SSSR count). The van der Waals surface area contributed by atoms with Crippen LogP contribution in [0.2, 0.25) is 0 Å². The number of allylic oxidation sites excluding steroid dienone is 1. The SMILES string of the molecule is C=CCn1c(SCC(=O)NC(C)CCC)nc2scc(-c3cccs3)c2c1=O. The van der Waals surface area contributed by atoms with E-state index in [1.54, 1.807) is 22.0 Å². The number of carbonyl (C=O) groups excluding carboxylic acids is 1. The van der Waals surface area contributed by atoms with Gasteiger partial charge in [-0.05, 0) is 24.8 Å². The number of hydrogen-bond acceptors (Lipinski definition) is 6. The van der Waals surface area contributed by atoms with E-state index >= 15 is 0 Å². The van der Waals surface area contributed by atoms with Gasteiger partial charge in [-0.1, -0.05) is 37.2 Å². The second-order valence-corrected chi connectivity index (χ2v) is 9.20. The maximum atomic E-state index is 13.2. The first-order valence-electron chi connectivity index (χ1n) is 9.14. The average molecular weight is 434 g/mol. The summed E-state index contributed by atoms with van der Waals surface area (Å²) in [5, 5.41) is 8.16. The molecule has 0 saturated heterocycles. The number of thioether (sulfide) groups is 1. The Kier molecular flexibility index (Phi) is 7.09. The molecule has 0 aliphatic rings. The highest BCUT2D eigenvalue weighted by Crippen LogP contribution is 2.34. The van der Waals surface area contributed by atoms with E-state index in [9.17, 15) is 9.59 Å². The van der Waals surface area contributed by atoms with Gasteiger partial charge in [0.25, 0.3) is 5.56 Å². The maximum absolute atomic E-state index is 13.2. The second kappa shape index (κ2) is 9.54. The summed E-state index contributed by atoms with van der Waals surface area (Å²) >= 11 is 4.36. The number of rotatable bonds is 9. The quantitative estimate of drug-likeness (QED) is 0.300. The first kappa shape index (κ1) is 20.8. The molecule has 0 aliphatic heterocycles. The van der Waals surface area contributed by atoms with Crippen molar-refractivity contribution in [3.63, 3.8) is 0 Å². The Balaban J connectivity index is 1.90. The van der Waals surface area contributed by atoms with Crippen LogP contribution in [0.5, 0.6) is 0 Å². The first-order valence-corrected chi connectivity index (χ1v) is 11.9. The Morgan fingerprint density at radius 3 is 2.96 bits per heavy atom. The van der Waals surface area contributed by atoms with E-state index in [4.69, 9.17) is 4.98 Å². The molecule has 5 nitrogen and oxygen atoms in total. The van der Waals surface area contributed by atoms with Gasteiger partial charge in [-0.3, -0.25) is 14.2 Å². The minimum Gasteiger partial charge on any atom is -0.353 e. The molecule has 3 aromatic heterocycles. The van der Waals surface area contributed by atoms with Gasteiger partial charge in [0.05, 0.1) is 11.1 Å². The van der Waals surface area contributed by atoms with Crippen LogP contribution < -0.4 is 10.9 Å². The molecule has 0 saturated carbocycles. The molecular weight excluding hydrogens is 410 g/mol. The van der Waals surface area contributed by atoms with E-state index in [0.717, 1.165) is 23.3 Å². The van der Waals surface area contributed by atoms with Crippen LogP contribution in [0.4, 0.5) is 0 Å². The molecule has 1 unspecified atom stereocenters. The largest absolute Gasteiger partial charge is 0.353 e. The fourth-order valence-corrected chi connectivity index (χ4v) is 5.59.